The Bertz CT molecular complexity index is 480. The molecule has 0 aliphatic heterocycles. The summed E-state index contributed by atoms with van der Waals surface area (Å²) in [5.74, 6) is -0.191. The highest BCUT2D eigenvalue weighted by Crippen LogP contribution is 2.21. The quantitative estimate of drug-likeness (QED) is 0.814. The number of aromatic nitrogens is 4. The Labute approximate surface area is 102 Å². The van der Waals surface area contributed by atoms with Crippen LogP contribution in [0.2, 0.25) is 0 Å². The van der Waals surface area contributed by atoms with Crippen LogP contribution in [0.3, 0.4) is 0 Å². The lowest BCUT2D eigenvalue weighted by atomic mass is 10.2. The minimum Gasteiger partial charge on any atom is -0.466 e. The summed E-state index contributed by atoms with van der Waals surface area (Å²) < 4.78 is 4.85. The molecule has 0 unspecified atom stereocenters. The van der Waals surface area contributed by atoms with Gasteiger partial charge in [0.15, 0.2) is 0 Å². The number of rotatable bonds is 5. The zero-order valence-electron chi connectivity index (χ0n) is 9.34. The van der Waals surface area contributed by atoms with Crippen molar-refractivity contribution in [2.24, 2.45) is 0 Å². The Morgan fingerprint density at radius 1 is 1.59 bits per heavy atom. The van der Waals surface area contributed by atoms with E-state index in [9.17, 15) is 4.79 Å². The third kappa shape index (κ3) is 3.10. The van der Waals surface area contributed by atoms with E-state index in [0.29, 0.717) is 19.4 Å². The minimum absolute atomic E-state index is 0.191. The molecule has 90 valence electrons. The summed E-state index contributed by atoms with van der Waals surface area (Å²) in [7, 11) is 0. The number of carbonyl (C=O) groups is 1. The highest BCUT2D eigenvalue weighted by atomic mass is 32.1. The normalized spacial score (nSPS) is 10.4. The molecule has 0 aliphatic rings. The lowest BCUT2D eigenvalue weighted by Gasteiger charge is -1.98. The molecule has 0 atom stereocenters. The van der Waals surface area contributed by atoms with Gasteiger partial charge in [-0.3, -0.25) is 4.79 Å². The van der Waals surface area contributed by atoms with Crippen molar-refractivity contribution in [1.82, 2.24) is 20.4 Å². The number of hydrogen-bond donors (Lipinski definition) is 1. The van der Waals surface area contributed by atoms with Gasteiger partial charge in [-0.25, -0.2) is 4.98 Å². The first kappa shape index (κ1) is 11.7. The van der Waals surface area contributed by atoms with Crippen molar-refractivity contribution in [2.45, 2.75) is 19.8 Å². The molecule has 7 heteroatoms. The monoisotopic (exact) mass is 252 g/mol. The van der Waals surface area contributed by atoms with Crippen molar-refractivity contribution >= 4 is 17.3 Å². The van der Waals surface area contributed by atoms with Crippen LogP contribution in [0.4, 0.5) is 0 Å². The molecular formula is C10H12N4O2S. The largest absolute Gasteiger partial charge is 0.466 e. The SMILES string of the molecule is CCOC(=O)CCc1csc(-c2cn[nH]n2)n1. The van der Waals surface area contributed by atoms with Gasteiger partial charge in [0.25, 0.3) is 0 Å². The molecule has 0 bridgehead atoms. The van der Waals surface area contributed by atoms with Gasteiger partial charge < -0.3 is 4.74 Å². The van der Waals surface area contributed by atoms with Crippen LogP contribution in [0.25, 0.3) is 10.7 Å². The number of esters is 1. The van der Waals surface area contributed by atoms with Gasteiger partial charge in [-0.05, 0) is 6.92 Å². The molecule has 0 fully saturated rings. The molecule has 1 N–H and O–H groups in total. The highest BCUT2D eigenvalue weighted by molar-refractivity contribution is 7.13. The fraction of sp³-hybridized carbons (Fsp3) is 0.400. The van der Waals surface area contributed by atoms with Gasteiger partial charge in [0.1, 0.15) is 10.7 Å². The molecule has 0 amide bonds. The summed E-state index contributed by atoms with van der Waals surface area (Å²) in [6.07, 6.45) is 2.57. The number of nitrogens with zero attached hydrogens (tertiary/aromatic N) is 3. The fourth-order valence-corrected chi connectivity index (χ4v) is 2.11. The number of aryl methyl sites for hydroxylation is 1. The number of hydrogen-bond acceptors (Lipinski definition) is 6. The summed E-state index contributed by atoms with van der Waals surface area (Å²) in [5, 5.41) is 12.9. The van der Waals surface area contributed by atoms with Crippen LogP contribution in [0, 0.1) is 0 Å². The number of H-pyrrole nitrogens is 1. The van der Waals surface area contributed by atoms with E-state index in [1.54, 1.807) is 13.1 Å². The van der Waals surface area contributed by atoms with Crippen LogP contribution in [-0.2, 0) is 16.0 Å². The van der Waals surface area contributed by atoms with Gasteiger partial charge in [0.05, 0.1) is 24.9 Å². The van der Waals surface area contributed by atoms with Crippen LogP contribution in [0.5, 0.6) is 0 Å². The predicted molar refractivity (Wildman–Crippen MR) is 62.4 cm³/mol. The summed E-state index contributed by atoms with van der Waals surface area (Å²) in [5.41, 5.74) is 1.60. The van der Waals surface area contributed by atoms with E-state index >= 15 is 0 Å². The number of ether oxygens (including phenoxy) is 1. The molecule has 0 aromatic carbocycles. The average Bonchev–Trinajstić information content (AvgIpc) is 2.97. The third-order valence-corrected chi connectivity index (χ3v) is 2.99. The zero-order valence-corrected chi connectivity index (χ0v) is 10.2. The molecular weight excluding hydrogens is 240 g/mol. The highest BCUT2D eigenvalue weighted by Gasteiger charge is 2.09. The first-order chi connectivity index (χ1) is 8.29. The van der Waals surface area contributed by atoms with Crippen LogP contribution in [0.15, 0.2) is 11.6 Å². The summed E-state index contributed by atoms with van der Waals surface area (Å²) >= 11 is 1.49. The van der Waals surface area contributed by atoms with Gasteiger partial charge in [-0.2, -0.15) is 15.4 Å². The maximum Gasteiger partial charge on any atom is 0.306 e. The third-order valence-electron chi connectivity index (χ3n) is 2.08. The second kappa shape index (κ2) is 5.53. The molecule has 17 heavy (non-hydrogen) atoms. The van der Waals surface area contributed by atoms with E-state index in [4.69, 9.17) is 4.74 Å². The topological polar surface area (TPSA) is 80.8 Å². The Kier molecular flexibility index (Phi) is 3.81. The zero-order chi connectivity index (χ0) is 12.1. The number of carbonyl (C=O) groups excluding carboxylic acids is 1. The van der Waals surface area contributed by atoms with Crippen LogP contribution < -0.4 is 0 Å². The molecule has 0 radical (unpaired) electrons. The Hall–Kier alpha value is -1.76. The van der Waals surface area contributed by atoms with Crippen LogP contribution >= 0.6 is 11.3 Å². The van der Waals surface area contributed by atoms with Gasteiger partial charge in [0.2, 0.25) is 0 Å². The van der Waals surface area contributed by atoms with Crippen molar-refractivity contribution in [3.05, 3.63) is 17.3 Å². The maximum absolute atomic E-state index is 11.2. The van der Waals surface area contributed by atoms with Crippen molar-refractivity contribution in [1.29, 1.82) is 0 Å². The molecule has 0 saturated heterocycles. The smallest absolute Gasteiger partial charge is 0.306 e. The van der Waals surface area contributed by atoms with Crippen molar-refractivity contribution in [3.8, 4) is 10.7 Å². The van der Waals surface area contributed by atoms with Crippen molar-refractivity contribution < 1.29 is 9.53 Å². The summed E-state index contributed by atoms with van der Waals surface area (Å²) in [4.78, 5) is 15.6. The van der Waals surface area contributed by atoms with Gasteiger partial charge in [0, 0.05) is 11.8 Å². The molecule has 6 nitrogen and oxygen atoms in total. The molecule has 0 saturated carbocycles. The lowest BCUT2D eigenvalue weighted by Crippen LogP contribution is -2.05. The summed E-state index contributed by atoms with van der Waals surface area (Å²) in [6.45, 7) is 2.21. The summed E-state index contributed by atoms with van der Waals surface area (Å²) in [6, 6.07) is 0. The number of thiazole rings is 1. The number of nitrogens with one attached hydrogen (secondary N) is 1. The van der Waals surface area contributed by atoms with Gasteiger partial charge in [-0.1, -0.05) is 0 Å². The Balaban J connectivity index is 1.93. The molecule has 2 heterocycles. The van der Waals surface area contributed by atoms with Crippen molar-refractivity contribution in [2.75, 3.05) is 6.61 Å². The molecule has 2 aromatic rings. The molecule has 2 aromatic heterocycles. The van der Waals surface area contributed by atoms with E-state index in [2.05, 4.69) is 20.4 Å². The molecule has 0 spiro atoms. The van der Waals surface area contributed by atoms with E-state index in [1.807, 2.05) is 5.38 Å². The second-order valence-corrected chi connectivity index (χ2v) is 4.16. The predicted octanol–water partition coefficient (Wildman–Crippen LogP) is 1.42. The minimum atomic E-state index is -0.191. The van der Waals surface area contributed by atoms with E-state index in [1.165, 1.54) is 11.3 Å². The molecule has 2 rings (SSSR count). The van der Waals surface area contributed by atoms with Gasteiger partial charge >= 0.3 is 5.97 Å². The van der Waals surface area contributed by atoms with Crippen LogP contribution in [-0.4, -0.2) is 33.0 Å². The van der Waals surface area contributed by atoms with Gasteiger partial charge in [-0.15, -0.1) is 11.3 Å². The standard InChI is InChI=1S/C10H12N4O2S/c1-2-16-9(15)4-3-7-6-17-10(12-7)8-5-11-14-13-8/h5-6H,2-4H2,1H3,(H,11,13,14). The average molecular weight is 252 g/mol. The molecule has 0 aliphatic carbocycles. The number of aromatic amines is 1. The first-order valence-corrected chi connectivity index (χ1v) is 6.13. The van der Waals surface area contributed by atoms with Crippen LogP contribution in [0.1, 0.15) is 19.0 Å². The van der Waals surface area contributed by atoms with E-state index in [0.717, 1.165) is 16.4 Å². The first-order valence-electron chi connectivity index (χ1n) is 5.25. The maximum atomic E-state index is 11.2. The van der Waals surface area contributed by atoms with Crippen molar-refractivity contribution in [3.63, 3.8) is 0 Å². The van der Waals surface area contributed by atoms with E-state index in [-0.39, 0.29) is 5.97 Å². The van der Waals surface area contributed by atoms with E-state index < -0.39 is 0 Å². The fourth-order valence-electron chi connectivity index (χ4n) is 1.31. The Morgan fingerprint density at radius 2 is 2.47 bits per heavy atom. The Morgan fingerprint density at radius 3 is 3.18 bits per heavy atom. The lowest BCUT2D eigenvalue weighted by molar-refractivity contribution is -0.143. The second-order valence-electron chi connectivity index (χ2n) is 3.30.